The largest absolute Gasteiger partial charge is 0.291 e. The van der Waals surface area contributed by atoms with Gasteiger partial charge in [0.05, 0.1) is 11.7 Å². The Morgan fingerprint density at radius 2 is 1.95 bits per heavy atom. The standard InChI is InChI=1S/C18H22N2/c1-15-8-7-12-19-18(15)17-11-5-6-13-20(17)14-16-9-3-2-4-10-16/h2-4,7-10,12,17H,5-6,11,13-14H2,1H3. The molecule has 1 aliphatic heterocycles. The fraction of sp³-hybridized carbons (Fsp3) is 0.389. The summed E-state index contributed by atoms with van der Waals surface area (Å²) in [5.41, 5.74) is 3.98. The fourth-order valence-corrected chi connectivity index (χ4v) is 3.15. The molecule has 2 heterocycles. The lowest BCUT2D eigenvalue weighted by molar-refractivity contribution is 0.137. The molecular formula is C18H22N2. The van der Waals surface area contributed by atoms with Gasteiger partial charge in [0.1, 0.15) is 0 Å². The summed E-state index contributed by atoms with van der Waals surface area (Å²) < 4.78 is 0. The normalized spacial score (nSPS) is 19.9. The molecule has 1 aromatic carbocycles. The molecule has 3 rings (SSSR count). The van der Waals surface area contributed by atoms with Gasteiger partial charge in [0.15, 0.2) is 0 Å². The minimum atomic E-state index is 0.477. The van der Waals surface area contributed by atoms with Crippen molar-refractivity contribution in [3.63, 3.8) is 0 Å². The molecule has 1 aliphatic rings. The maximum absolute atomic E-state index is 4.65. The Morgan fingerprint density at radius 3 is 2.75 bits per heavy atom. The van der Waals surface area contributed by atoms with Crippen LogP contribution >= 0.6 is 0 Å². The average molecular weight is 266 g/mol. The number of nitrogens with zero attached hydrogens (tertiary/aromatic N) is 2. The highest BCUT2D eigenvalue weighted by Crippen LogP contribution is 2.32. The van der Waals surface area contributed by atoms with Crippen molar-refractivity contribution < 1.29 is 0 Å². The Bertz CT molecular complexity index is 550. The molecule has 20 heavy (non-hydrogen) atoms. The maximum atomic E-state index is 4.65. The van der Waals surface area contributed by atoms with Gasteiger partial charge < -0.3 is 0 Å². The zero-order valence-corrected chi connectivity index (χ0v) is 12.1. The zero-order valence-electron chi connectivity index (χ0n) is 12.1. The van der Waals surface area contributed by atoms with E-state index in [1.54, 1.807) is 0 Å². The van der Waals surface area contributed by atoms with Crippen LogP contribution in [-0.4, -0.2) is 16.4 Å². The second-order valence-electron chi connectivity index (χ2n) is 5.67. The van der Waals surface area contributed by atoms with E-state index in [0.29, 0.717) is 6.04 Å². The number of hydrogen-bond acceptors (Lipinski definition) is 2. The minimum absolute atomic E-state index is 0.477. The molecule has 0 aliphatic carbocycles. The van der Waals surface area contributed by atoms with Crippen LogP contribution < -0.4 is 0 Å². The number of piperidine rings is 1. The van der Waals surface area contributed by atoms with Crippen LogP contribution in [0.2, 0.25) is 0 Å². The van der Waals surface area contributed by atoms with Crippen LogP contribution in [0.15, 0.2) is 48.7 Å². The maximum Gasteiger partial charge on any atom is 0.0604 e. The molecule has 0 N–H and O–H groups in total. The van der Waals surface area contributed by atoms with Gasteiger partial charge in [-0.25, -0.2) is 0 Å². The number of pyridine rings is 1. The molecule has 0 bridgehead atoms. The van der Waals surface area contributed by atoms with E-state index >= 15 is 0 Å². The van der Waals surface area contributed by atoms with Crippen molar-refractivity contribution in [1.82, 2.24) is 9.88 Å². The third-order valence-electron chi connectivity index (χ3n) is 4.21. The molecule has 0 spiro atoms. The molecule has 1 unspecified atom stereocenters. The number of aryl methyl sites for hydroxylation is 1. The second-order valence-corrected chi connectivity index (χ2v) is 5.67. The third-order valence-corrected chi connectivity index (χ3v) is 4.21. The van der Waals surface area contributed by atoms with Gasteiger partial charge in [-0.15, -0.1) is 0 Å². The quantitative estimate of drug-likeness (QED) is 0.831. The smallest absolute Gasteiger partial charge is 0.0604 e. The molecule has 0 radical (unpaired) electrons. The summed E-state index contributed by atoms with van der Waals surface area (Å²) in [6, 6.07) is 15.5. The van der Waals surface area contributed by atoms with Gasteiger partial charge in [0.2, 0.25) is 0 Å². The Hall–Kier alpha value is -1.67. The molecule has 104 valence electrons. The van der Waals surface area contributed by atoms with Crippen LogP contribution in [0.3, 0.4) is 0 Å². The van der Waals surface area contributed by atoms with E-state index in [4.69, 9.17) is 0 Å². The van der Waals surface area contributed by atoms with Gasteiger partial charge in [0, 0.05) is 12.7 Å². The van der Waals surface area contributed by atoms with E-state index in [1.807, 2.05) is 12.3 Å². The zero-order chi connectivity index (χ0) is 13.8. The van der Waals surface area contributed by atoms with Crippen LogP contribution in [0.1, 0.15) is 42.1 Å². The second kappa shape index (κ2) is 6.19. The Balaban J connectivity index is 1.83. The Kier molecular flexibility index (Phi) is 4.12. The molecule has 2 heteroatoms. The van der Waals surface area contributed by atoms with Crippen LogP contribution in [-0.2, 0) is 6.54 Å². The highest BCUT2D eigenvalue weighted by molar-refractivity contribution is 5.22. The molecule has 1 fully saturated rings. The van der Waals surface area contributed by atoms with Crippen molar-refractivity contribution in [2.75, 3.05) is 6.54 Å². The predicted octanol–water partition coefficient (Wildman–Crippen LogP) is 4.12. The highest BCUT2D eigenvalue weighted by atomic mass is 15.2. The van der Waals surface area contributed by atoms with Gasteiger partial charge in [-0.1, -0.05) is 42.8 Å². The first-order valence-electron chi connectivity index (χ1n) is 7.54. The van der Waals surface area contributed by atoms with Gasteiger partial charge in [-0.05, 0) is 43.5 Å². The molecule has 1 atom stereocenters. The lowest BCUT2D eigenvalue weighted by atomic mass is 9.96. The highest BCUT2D eigenvalue weighted by Gasteiger charge is 2.25. The number of aromatic nitrogens is 1. The molecule has 0 amide bonds. The lowest BCUT2D eigenvalue weighted by Crippen LogP contribution is -2.33. The number of likely N-dealkylation sites (tertiary alicyclic amines) is 1. The fourth-order valence-electron chi connectivity index (χ4n) is 3.15. The van der Waals surface area contributed by atoms with Crippen molar-refractivity contribution >= 4 is 0 Å². The molecule has 1 aromatic heterocycles. The molecule has 1 saturated heterocycles. The van der Waals surface area contributed by atoms with Crippen LogP contribution in [0, 0.1) is 6.92 Å². The topological polar surface area (TPSA) is 16.1 Å². The summed E-state index contributed by atoms with van der Waals surface area (Å²) in [5, 5.41) is 0. The number of benzene rings is 1. The van der Waals surface area contributed by atoms with Gasteiger partial charge in [0.25, 0.3) is 0 Å². The molecule has 2 nitrogen and oxygen atoms in total. The summed E-state index contributed by atoms with van der Waals surface area (Å²) in [6.45, 7) is 4.38. The van der Waals surface area contributed by atoms with Gasteiger partial charge in [-0.2, -0.15) is 0 Å². The third kappa shape index (κ3) is 2.91. The summed E-state index contributed by atoms with van der Waals surface area (Å²) in [5.74, 6) is 0. The monoisotopic (exact) mass is 266 g/mol. The van der Waals surface area contributed by atoms with Gasteiger partial charge in [-0.3, -0.25) is 9.88 Å². The summed E-state index contributed by atoms with van der Waals surface area (Å²) in [7, 11) is 0. The SMILES string of the molecule is Cc1cccnc1C1CCCCN1Cc1ccccc1. The van der Waals surface area contributed by atoms with Crippen LogP contribution in [0.4, 0.5) is 0 Å². The van der Waals surface area contributed by atoms with Crippen molar-refractivity contribution in [1.29, 1.82) is 0 Å². The van der Waals surface area contributed by atoms with Crippen molar-refractivity contribution in [2.45, 2.75) is 38.8 Å². The van der Waals surface area contributed by atoms with Crippen LogP contribution in [0.5, 0.6) is 0 Å². The summed E-state index contributed by atoms with van der Waals surface area (Å²) in [6.07, 6.45) is 5.77. The Morgan fingerprint density at radius 1 is 1.10 bits per heavy atom. The van der Waals surface area contributed by atoms with E-state index in [9.17, 15) is 0 Å². The first-order chi connectivity index (χ1) is 9.84. The summed E-state index contributed by atoms with van der Waals surface area (Å²) in [4.78, 5) is 7.24. The van der Waals surface area contributed by atoms with Crippen molar-refractivity contribution in [3.8, 4) is 0 Å². The number of rotatable bonds is 3. The summed E-state index contributed by atoms with van der Waals surface area (Å²) >= 11 is 0. The molecular weight excluding hydrogens is 244 g/mol. The Labute approximate surface area is 121 Å². The molecule has 2 aromatic rings. The van der Waals surface area contributed by atoms with Gasteiger partial charge >= 0.3 is 0 Å². The van der Waals surface area contributed by atoms with Crippen LogP contribution in [0.25, 0.3) is 0 Å². The first kappa shape index (κ1) is 13.3. The van der Waals surface area contributed by atoms with Crippen molar-refractivity contribution in [2.24, 2.45) is 0 Å². The first-order valence-corrected chi connectivity index (χ1v) is 7.54. The van der Waals surface area contributed by atoms with E-state index in [0.717, 1.165) is 6.54 Å². The average Bonchev–Trinajstić information content (AvgIpc) is 2.50. The van der Waals surface area contributed by atoms with E-state index in [2.05, 4.69) is 53.2 Å². The van der Waals surface area contributed by atoms with E-state index in [1.165, 1.54) is 42.6 Å². The lowest BCUT2D eigenvalue weighted by Gasteiger charge is -2.36. The molecule has 0 saturated carbocycles. The minimum Gasteiger partial charge on any atom is -0.291 e. The van der Waals surface area contributed by atoms with E-state index < -0.39 is 0 Å². The van der Waals surface area contributed by atoms with E-state index in [-0.39, 0.29) is 0 Å². The predicted molar refractivity (Wildman–Crippen MR) is 82.4 cm³/mol. The number of hydrogen-bond donors (Lipinski definition) is 0. The van der Waals surface area contributed by atoms with Crippen molar-refractivity contribution in [3.05, 3.63) is 65.5 Å².